The number of aryl methyl sites for hydroxylation is 2. The van der Waals surface area contributed by atoms with Crippen LogP contribution in [0.5, 0.6) is 0 Å². The van der Waals surface area contributed by atoms with Gasteiger partial charge in [0.2, 0.25) is 0 Å². The fourth-order valence-corrected chi connectivity index (χ4v) is 2.80. The zero-order chi connectivity index (χ0) is 16.2. The monoisotopic (exact) mass is 315 g/mol. The SMILES string of the molecule is Cc1cc(C)n(CCNc2cc([C@@H]3CCOC3)ncn2)c(=O)n1. The summed E-state index contributed by atoms with van der Waals surface area (Å²) in [5, 5.41) is 3.25. The van der Waals surface area contributed by atoms with E-state index >= 15 is 0 Å². The number of nitrogens with one attached hydrogen (secondary N) is 1. The van der Waals surface area contributed by atoms with Gasteiger partial charge in [-0.25, -0.2) is 14.8 Å². The third-order valence-corrected chi connectivity index (χ3v) is 4.02. The number of rotatable bonds is 5. The molecule has 1 atom stereocenters. The van der Waals surface area contributed by atoms with Gasteiger partial charge in [0.1, 0.15) is 12.1 Å². The van der Waals surface area contributed by atoms with Crippen LogP contribution in [-0.4, -0.2) is 39.3 Å². The van der Waals surface area contributed by atoms with Gasteiger partial charge >= 0.3 is 5.69 Å². The molecule has 0 saturated carbocycles. The van der Waals surface area contributed by atoms with E-state index in [-0.39, 0.29) is 5.69 Å². The molecule has 122 valence electrons. The molecule has 1 aliphatic rings. The molecule has 2 aromatic heterocycles. The summed E-state index contributed by atoms with van der Waals surface area (Å²) in [5.74, 6) is 1.12. The van der Waals surface area contributed by atoms with Crippen molar-refractivity contribution in [3.63, 3.8) is 0 Å². The summed E-state index contributed by atoms with van der Waals surface area (Å²) in [6, 6.07) is 3.87. The Bertz CT molecular complexity index is 737. The molecule has 0 spiro atoms. The molecule has 1 fully saturated rings. The molecule has 0 aliphatic carbocycles. The van der Waals surface area contributed by atoms with Crippen LogP contribution in [0.25, 0.3) is 0 Å². The highest BCUT2D eigenvalue weighted by Crippen LogP contribution is 2.24. The van der Waals surface area contributed by atoms with Crippen LogP contribution in [0, 0.1) is 13.8 Å². The van der Waals surface area contributed by atoms with Crippen LogP contribution >= 0.6 is 0 Å². The first-order valence-corrected chi connectivity index (χ1v) is 7.82. The maximum Gasteiger partial charge on any atom is 0.348 e. The van der Waals surface area contributed by atoms with Crippen molar-refractivity contribution in [2.45, 2.75) is 32.7 Å². The molecule has 0 unspecified atom stereocenters. The fraction of sp³-hybridized carbons (Fsp3) is 0.500. The second-order valence-corrected chi connectivity index (χ2v) is 5.79. The maximum atomic E-state index is 11.9. The Kier molecular flexibility index (Phi) is 4.66. The van der Waals surface area contributed by atoms with Crippen molar-refractivity contribution in [1.82, 2.24) is 19.5 Å². The zero-order valence-corrected chi connectivity index (χ0v) is 13.5. The van der Waals surface area contributed by atoms with E-state index in [0.717, 1.165) is 42.5 Å². The Hall–Kier alpha value is -2.28. The second-order valence-electron chi connectivity index (χ2n) is 5.79. The summed E-state index contributed by atoms with van der Waals surface area (Å²) in [4.78, 5) is 24.4. The molecule has 3 heterocycles. The first-order valence-electron chi connectivity index (χ1n) is 7.82. The summed E-state index contributed by atoms with van der Waals surface area (Å²) in [6.07, 6.45) is 2.57. The Morgan fingerprint density at radius 2 is 2.22 bits per heavy atom. The maximum absolute atomic E-state index is 11.9. The zero-order valence-electron chi connectivity index (χ0n) is 13.5. The third kappa shape index (κ3) is 3.73. The van der Waals surface area contributed by atoms with E-state index in [1.807, 2.05) is 26.0 Å². The minimum absolute atomic E-state index is 0.212. The predicted molar refractivity (Wildman–Crippen MR) is 86.7 cm³/mol. The largest absolute Gasteiger partial charge is 0.381 e. The van der Waals surface area contributed by atoms with Gasteiger partial charge in [0, 0.05) is 43.1 Å². The third-order valence-electron chi connectivity index (χ3n) is 4.02. The molecule has 0 amide bonds. The van der Waals surface area contributed by atoms with Gasteiger partial charge in [0.05, 0.1) is 12.3 Å². The van der Waals surface area contributed by atoms with E-state index in [4.69, 9.17) is 4.74 Å². The smallest absolute Gasteiger partial charge is 0.348 e. The van der Waals surface area contributed by atoms with Gasteiger partial charge < -0.3 is 10.1 Å². The summed E-state index contributed by atoms with van der Waals surface area (Å²) in [6.45, 7) is 6.40. The van der Waals surface area contributed by atoms with Gasteiger partial charge in [-0.05, 0) is 26.3 Å². The summed E-state index contributed by atoms with van der Waals surface area (Å²) >= 11 is 0. The van der Waals surface area contributed by atoms with Gasteiger partial charge in [0.15, 0.2) is 0 Å². The number of hydrogen-bond acceptors (Lipinski definition) is 6. The van der Waals surface area contributed by atoms with Crippen LogP contribution in [0.1, 0.15) is 29.4 Å². The quantitative estimate of drug-likeness (QED) is 0.894. The highest BCUT2D eigenvalue weighted by molar-refractivity contribution is 5.35. The Balaban J connectivity index is 1.63. The lowest BCUT2D eigenvalue weighted by Crippen LogP contribution is -2.28. The van der Waals surface area contributed by atoms with Crippen molar-refractivity contribution in [2.24, 2.45) is 0 Å². The molecule has 7 nitrogen and oxygen atoms in total. The summed E-state index contributed by atoms with van der Waals surface area (Å²) in [5.41, 5.74) is 2.45. The van der Waals surface area contributed by atoms with Gasteiger partial charge in [-0.1, -0.05) is 0 Å². The van der Waals surface area contributed by atoms with Crippen molar-refractivity contribution < 1.29 is 4.74 Å². The first kappa shape index (κ1) is 15.6. The molecule has 1 saturated heterocycles. The van der Waals surface area contributed by atoms with E-state index in [1.54, 1.807) is 10.9 Å². The van der Waals surface area contributed by atoms with Gasteiger partial charge in [-0.3, -0.25) is 4.57 Å². The van der Waals surface area contributed by atoms with Crippen molar-refractivity contribution in [1.29, 1.82) is 0 Å². The van der Waals surface area contributed by atoms with Crippen LogP contribution < -0.4 is 11.0 Å². The van der Waals surface area contributed by atoms with Crippen molar-refractivity contribution in [3.05, 3.63) is 46.0 Å². The van der Waals surface area contributed by atoms with Gasteiger partial charge in [0.25, 0.3) is 0 Å². The van der Waals surface area contributed by atoms with Crippen LogP contribution in [-0.2, 0) is 11.3 Å². The molecule has 1 N–H and O–H groups in total. The molecule has 0 radical (unpaired) electrons. The minimum Gasteiger partial charge on any atom is -0.381 e. The van der Waals surface area contributed by atoms with Crippen LogP contribution in [0.2, 0.25) is 0 Å². The van der Waals surface area contributed by atoms with Crippen molar-refractivity contribution in [3.8, 4) is 0 Å². The minimum atomic E-state index is -0.212. The number of aromatic nitrogens is 4. The number of anilines is 1. The van der Waals surface area contributed by atoms with Gasteiger partial charge in [-0.2, -0.15) is 4.98 Å². The Labute approximate surface area is 134 Å². The normalized spacial score (nSPS) is 17.4. The summed E-state index contributed by atoms with van der Waals surface area (Å²) < 4.78 is 7.06. The van der Waals surface area contributed by atoms with Crippen LogP contribution in [0.4, 0.5) is 5.82 Å². The molecule has 2 aromatic rings. The highest BCUT2D eigenvalue weighted by atomic mass is 16.5. The van der Waals surface area contributed by atoms with Crippen LogP contribution in [0.3, 0.4) is 0 Å². The fourth-order valence-electron chi connectivity index (χ4n) is 2.80. The van der Waals surface area contributed by atoms with Crippen molar-refractivity contribution >= 4 is 5.82 Å². The number of nitrogens with zero attached hydrogens (tertiary/aromatic N) is 4. The average Bonchev–Trinajstić information content (AvgIpc) is 3.04. The topological polar surface area (TPSA) is 81.9 Å². The lowest BCUT2D eigenvalue weighted by Gasteiger charge is -2.12. The molecular formula is C16H21N5O2. The van der Waals surface area contributed by atoms with E-state index in [1.165, 1.54) is 0 Å². The van der Waals surface area contributed by atoms with E-state index in [9.17, 15) is 4.79 Å². The van der Waals surface area contributed by atoms with E-state index in [2.05, 4.69) is 20.3 Å². The summed E-state index contributed by atoms with van der Waals surface area (Å²) in [7, 11) is 0. The van der Waals surface area contributed by atoms with Crippen molar-refractivity contribution in [2.75, 3.05) is 25.1 Å². The molecular weight excluding hydrogens is 294 g/mol. The van der Waals surface area contributed by atoms with Gasteiger partial charge in [-0.15, -0.1) is 0 Å². The number of hydrogen-bond donors (Lipinski definition) is 1. The molecule has 0 bridgehead atoms. The molecule has 0 aromatic carbocycles. The van der Waals surface area contributed by atoms with E-state index < -0.39 is 0 Å². The lowest BCUT2D eigenvalue weighted by atomic mass is 10.1. The van der Waals surface area contributed by atoms with E-state index in [0.29, 0.717) is 19.0 Å². The Morgan fingerprint density at radius 3 is 2.96 bits per heavy atom. The molecule has 7 heteroatoms. The average molecular weight is 315 g/mol. The molecule has 1 aliphatic heterocycles. The molecule has 23 heavy (non-hydrogen) atoms. The highest BCUT2D eigenvalue weighted by Gasteiger charge is 2.19. The molecule has 3 rings (SSSR count). The Morgan fingerprint density at radius 1 is 1.35 bits per heavy atom. The predicted octanol–water partition coefficient (Wildman–Crippen LogP) is 1.27. The van der Waals surface area contributed by atoms with Crippen LogP contribution in [0.15, 0.2) is 23.3 Å². The number of ether oxygens (including phenoxy) is 1. The standard InChI is InChI=1S/C16H21N5O2/c1-11-7-12(2)21(16(22)20-11)5-4-17-15-8-14(18-10-19-15)13-3-6-23-9-13/h7-8,10,13H,3-6,9H2,1-2H3,(H,17,18,19)/t13-/m1/s1. The second kappa shape index (κ2) is 6.87. The lowest BCUT2D eigenvalue weighted by molar-refractivity contribution is 0.193. The first-order chi connectivity index (χ1) is 11.1.